The van der Waals surface area contributed by atoms with Crippen molar-refractivity contribution in [1.29, 1.82) is 5.41 Å². The fraction of sp³-hybridized carbons (Fsp3) is 0.195. The number of fused-ring (bicyclic) bond motifs is 7. The molecule has 4 aromatic carbocycles. The van der Waals surface area contributed by atoms with Gasteiger partial charge in [0.15, 0.2) is 0 Å². The van der Waals surface area contributed by atoms with Crippen LogP contribution in [0.3, 0.4) is 0 Å². The Bertz CT molecular complexity index is 2220. The van der Waals surface area contributed by atoms with Crippen molar-refractivity contribution in [1.82, 2.24) is 4.57 Å². The molecule has 0 aliphatic heterocycles. The number of nitrogens with one attached hydrogen (secondary N) is 2. The lowest BCUT2D eigenvalue weighted by Crippen LogP contribution is -2.14. The second-order valence-electron chi connectivity index (χ2n) is 12.8. The maximum atomic E-state index is 8.83. The zero-order valence-corrected chi connectivity index (χ0v) is 26.3. The lowest BCUT2D eigenvalue weighted by molar-refractivity contribution is 0.546. The van der Waals surface area contributed by atoms with Gasteiger partial charge in [-0.15, -0.1) is 0 Å². The van der Waals surface area contributed by atoms with Crippen molar-refractivity contribution < 1.29 is 4.42 Å². The van der Waals surface area contributed by atoms with E-state index in [0.29, 0.717) is 5.84 Å². The molecular weight excluding hydrogens is 550 g/mol. The van der Waals surface area contributed by atoms with E-state index in [1.165, 1.54) is 50.0 Å². The molecule has 0 spiro atoms. The van der Waals surface area contributed by atoms with E-state index < -0.39 is 0 Å². The summed E-state index contributed by atoms with van der Waals surface area (Å²) in [6.07, 6.45) is 11.6. The maximum Gasteiger partial charge on any atom is 0.135 e. The summed E-state index contributed by atoms with van der Waals surface area (Å²) < 4.78 is 8.55. The summed E-state index contributed by atoms with van der Waals surface area (Å²) in [6.45, 7) is 9.04. The molecular formula is C41H37N3O. The first-order chi connectivity index (χ1) is 21.9. The number of nitrogens with zero attached hydrogens (tertiary/aromatic N) is 1. The average molecular weight is 588 g/mol. The number of allylic oxidation sites excluding steroid dienone is 2. The normalized spacial score (nSPS) is 14.7. The second kappa shape index (κ2) is 10.2. The number of anilines is 1. The van der Waals surface area contributed by atoms with E-state index in [1.54, 1.807) is 0 Å². The Morgan fingerprint density at radius 2 is 1.78 bits per heavy atom. The minimum atomic E-state index is -0.0380. The van der Waals surface area contributed by atoms with E-state index >= 15 is 0 Å². The molecule has 0 radical (unpaired) electrons. The third-order valence-corrected chi connectivity index (χ3v) is 9.81. The number of amidine groups is 1. The molecule has 2 aliphatic rings. The molecule has 2 aliphatic carbocycles. The molecule has 45 heavy (non-hydrogen) atoms. The molecule has 0 fully saturated rings. The highest BCUT2D eigenvalue weighted by molar-refractivity contribution is 6.08. The van der Waals surface area contributed by atoms with Crippen molar-refractivity contribution in [2.75, 3.05) is 5.32 Å². The Hall–Kier alpha value is -5.09. The standard InChI is InChI=1S/C41H37N3O/c1-5-11-36-28(6-2)33-23-35-32(29-12-7-9-14-34(29)41(35,3)4)24-37(33)44(36)27-19-17-26(18-20-27)43-40(42)25-16-21-31-30-13-8-10-15-38(30)45-39(31)22-25/h5,7-9,11-14,16-24H,6,10,15H2,1-4H3,(H2,42,43)/b11-5-. The van der Waals surface area contributed by atoms with Crippen LogP contribution in [0, 0.1) is 5.41 Å². The zero-order valence-electron chi connectivity index (χ0n) is 26.3. The van der Waals surface area contributed by atoms with E-state index in [4.69, 9.17) is 9.83 Å². The number of aryl methyl sites for hydroxylation is 2. The average Bonchev–Trinajstić information content (AvgIpc) is 3.65. The second-order valence-corrected chi connectivity index (χ2v) is 12.8. The first-order valence-electron chi connectivity index (χ1n) is 16.0. The molecule has 0 saturated heterocycles. The fourth-order valence-corrected chi connectivity index (χ4v) is 7.57. The number of rotatable bonds is 5. The van der Waals surface area contributed by atoms with Crippen molar-refractivity contribution in [3.63, 3.8) is 0 Å². The Labute approximate surface area is 264 Å². The molecule has 0 atom stereocenters. The largest absolute Gasteiger partial charge is 0.460 e. The molecule has 2 N–H and O–H groups in total. The molecule has 6 aromatic rings. The summed E-state index contributed by atoms with van der Waals surface area (Å²) in [5.74, 6) is 1.39. The fourth-order valence-electron chi connectivity index (χ4n) is 7.57. The van der Waals surface area contributed by atoms with Gasteiger partial charge >= 0.3 is 0 Å². The third-order valence-electron chi connectivity index (χ3n) is 9.81. The van der Waals surface area contributed by atoms with Crippen molar-refractivity contribution in [3.8, 4) is 16.8 Å². The van der Waals surface area contributed by atoms with Crippen LogP contribution in [0.4, 0.5) is 5.69 Å². The summed E-state index contributed by atoms with van der Waals surface area (Å²) in [6, 6.07) is 28.2. The summed E-state index contributed by atoms with van der Waals surface area (Å²) >= 11 is 0. The number of furan rings is 1. The highest BCUT2D eigenvalue weighted by Gasteiger charge is 2.36. The Morgan fingerprint density at radius 3 is 2.58 bits per heavy atom. The number of hydrogen-bond donors (Lipinski definition) is 2. The van der Waals surface area contributed by atoms with Crippen molar-refractivity contribution in [2.24, 2.45) is 0 Å². The maximum absolute atomic E-state index is 8.83. The van der Waals surface area contributed by atoms with E-state index in [-0.39, 0.29) is 5.41 Å². The number of hydrogen-bond acceptors (Lipinski definition) is 2. The van der Waals surface area contributed by atoms with Gasteiger partial charge in [-0.1, -0.05) is 69.3 Å². The van der Waals surface area contributed by atoms with Crippen LogP contribution in [0.25, 0.3) is 50.8 Å². The smallest absolute Gasteiger partial charge is 0.135 e. The number of aromatic nitrogens is 1. The Kier molecular flexibility index (Phi) is 6.25. The zero-order chi connectivity index (χ0) is 30.9. The van der Waals surface area contributed by atoms with Gasteiger partial charge in [0.05, 0.1) is 5.52 Å². The van der Waals surface area contributed by atoms with Gasteiger partial charge in [-0.25, -0.2) is 0 Å². The molecule has 222 valence electrons. The van der Waals surface area contributed by atoms with Crippen LogP contribution in [-0.4, -0.2) is 10.4 Å². The van der Waals surface area contributed by atoms with E-state index in [1.807, 2.05) is 12.1 Å². The van der Waals surface area contributed by atoms with Crippen molar-refractivity contribution in [2.45, 2.75) is 52.4 Å². The Balaban J connectivity index is 1.17. The summed E-state index contributed by atoms with van der Waals surface area (Å²) in [5, 5.41) is 14.6. The van der Waals surface area contributed by atoms with Gasteiger partial charge in [-0.2, -0.15) is 0 Å². The van der Waals surface area contributed by atoms with Gasteiger partial charge in [0.1, 0.15) is 17.2 Å². The van der Waals surface area contributed by atoms with Gasteiger partial charge in [0, 0.05) is 50.8 Å². The van der Waals surface area contributed by atoms with E-state index in [2.05, 4.69) is 129 Å². The molecule has 8 rings (SSSR count). The predicted molar refractivity (Wildman–Crippen MR) is 189 cm³/mol. The SMILES string of the molecule is C/C=C\c1c(CC)c2cc3c(cc2n1-c1ccc(NC(=N)c2ccc4c5c(oc4c2)CCC=C5)cc1)-c1ccccc1C3(C)C. The van der Waals surface area contributed by atoms with E-state index in [0.717, 1.165) is 52.9 Å². The molecule has 0 saturated carbocycles. The van der Waals surface area contributed by atoms with Gasteiger partial charge in [0.25, 0.3) is 0 Å². The quantitative estimate of drug-likeness (QED) is 0.156. The summed E-state index contributed by atoms with van der Waals surface area (Å²) in [4.78, 5) is 0. The topological polar surface area (TPSA) is 54.0 Å². The number of benzene rings is 4. The minimum absolute atomic E-state index is 0.0380. The van der Waals surface area contributed by atoms with Crippen LogP contribution in [0.2, 0.25) is 0 Å². The summed E-state index contributed by atoms with van der Waals surface area (Å²) in [5.41, 5.74) is 14.0. The molecule has 2 heterocycles. The predicted octanol–water partition coefficient (Wildman–Crippen LogP) is 10.7. The van der Waals surface area contributed by atoms with Crippen LogP contribution in [-0.2, 0) is 18.3 Å². The first kappa shape index (κ1) is 27.5. The van der Waals surface area contributed by atoms with Gasteiger partial charge in [-0.3, -0.25) is 5.41 Å². The van der Waals surface area contributed by atoms with Crippen molar-refractivity contribution >= 4 is 45.5 Å². The highest BCUT2D eigenvalue weighted by atomic mass is 16.3. The van der Waals surface area contributed by atoms with Crippen LogP contribution < -0.4 is 5.32 Å². The lowest BCUT2D eigenvalue weighted by atomic mass is 9.82. The van der Waals surface area contributed by atoms with Crippen LogP contribution >= 0.6 is 0 Å². The molecule has 0 bridgehead atoms. The van der Waals surface area contributed by atoms with Crippen LogP contribution in [0.5, 0.6) is 0 Å². The molecule has 4 nitrogen and oxygen atoms in total. The van der Waals surface area contributed by atoms with Crippen LogP contribution in [0.1, 0.15) is 73.4 Å². The van der Waals surface area contributed by atoms with Gasteiger partial charge in [0.2, 0.25) is 0 Å². The third kappa shape index (κ3) is 4.16. The first-order valence-corrected chi connectivity index (χ1v) is 16.0. The Morgan fingerprint density at radius 1 is 0.956 bits per heavy atom. The van der Waals surface area contributed by atoms with Crippen molar-refractivity contribution in [3.05, 3.63) is 130 Å². The van der Waals surface area contributed by atoms with Gasteiger partial charge in [-0.05, 0) is 102 Å². The monoisotopic (exact) mass is 587 g/mol. The highest BCUT2D eigenvalue weighted by Crippen LogP contribution is 2.50. The summed E-state index contributed by atoms with van der Waals surface area (Å²) in [7, 11) is 0. The molecule has 4 heteroatoms. The lowest BCUT2D eigenvalue weighted by Gasteiger charge is -2.21. The van der Waals surface area contributed by atoms with E-state index in [9.17, 15) is 0 Å². The van der Waals surface area contributed by atoms with Crippen LogP contribution in [0.15, 0.2) is 95.4 Å². The molecule has 0 unspecified atom stereocenters. The molecule has 2 aromatic heterocycles. The molecule has 0 amide bonds. The minimum Gasteiger partial charge on any atom is -0.460 e. The van der Waals surface area contributed by atoms with Gasteiger partial charge < -0.3 is 14.3 Å².